The van der Waals surface area contributed by atoms with Crippen molar-refractivity contribution in [2.45, 2.75) is 62.3 Å². The van der Waals surface area contributed by atoms with Crippen LogP contribution in [0.4, 0.5) is 16.3 Å². The summed E-state index contributed by atoms with van der Waals surface area (Å²) in [5, 5.41) is 15.1. The Morgan fingerprint density at radius 1 is 1.25 bits per heavy atom. The number of benzene rings is 1. The zero-order valence-corrected chi connectivity index (χ0v) is 21.6. The molecule has 36 heavy (non-hydrogen) atoms. The largest absolute Gasteiger partial charge is 0.396 e. The van der Waals surface area contributed by atoms with Crippen LogP contribution in [0.3, 0.4) is 0 Å². The minimum Gasteiger partial charge on any atom is -0.396 e. The number of anilines is 2. The SMILES string of the molecule is C[C@H]1COCCN1c1cc(C2([S+](O)CCCO)CCC2)nc(-c2ccc(NC(=O)NC3CC3)cc2)n1. The Hall–Kier alpha value is -2.40. The molecule has 2 aromatic rings. The third-order valence-electron chi connectivity index (χ3n) is 7.26. The quantitative estimate of drug-likeness (QED) is 0.378. The Morgan fingerprint density at radius 3 is 2.67 bits per heavy atom. The Balaban J connectivity index is 1.46. The maximum atomic E-state index is 12.1. The van der Waals surface area contributed by atoms with E-state index in [2.05, 4.69) is 28.5 Å². The first-order valence-corrected chi connectivity index (χ1v) is 14.3. The van der Waals surface area contributed by atoms with Crippen molar-refractivity contribution in [1.82, 2.24) is 15.3 Å². The van der Waals surface area contributed by atoms with Gasteiger partial charge in [-0.2, -0.15) is 4.55 Å². The molecule has 5 rings (SSSR count). The number of ether oxygens (including phenoxy) is 1. The van der Waals surface area contributed by atoms with Gasteiger partial charge in [0.05, 0.1) is 19.3 Å². The summed E-state index contributed by atoms with van der Waals surface area (Å²) >= 11 is -0.882. The molecule has 1 aromatic carbocycles. The summed E-state index contributed by atoms with van der Waals surface area (Å²) in [5.41, 5.74) is 2.45. The van der Waals surface area contributed by atoms with E-state index in [9.17, 15) is 14.5 Å². The van der Waals surface area contributed by atoms with Crippen molar-refractivity contribution < 1.29 is 19.2 Å². The average Bonchev–Trinajstić information content (AvgIpc) is 3.66. The zero-order valence-electron chi connectivity index (χ0n) is 20.8. The molecule has 3 fully saturated rings. The lowest BCUT2D eigenvalue weighted by Gasteiger charge is -2.38. The standard InChI is InChI=1S/C26H35N5O4S/c1-18-17-35-14-12-31(18)23-16-22(26(10-2-11-26)36(34)15-3-13-32)29-24(30-23)19-4-6-20(7-5-19)27-25(33)28-21-8-9-21/h4-7,16,18,21,32,34H,2-3,8-15,17H2,1H3,(H-,27,28,29,30,33)/p+1/t18-,36?/m0/s1. The van der Waals surface area contributed by atoms with Gasteiger partial charge in [0.15, 0.2) is 17.0 Å². The number of rotatable bonds is 9. The number of carbonyl (C=O) groups is 1. The zero-order chi connectivity index (χ0) is 25.1. The molecule has 1 saturated heterocycles. The van der Waals surface area contributed by atoms with Crippen LogP contribution in [0.15, 0.2) is 30.3 Å². The Kier molecular flexibility index (Phi) is 7.66. The monoisotopic (exact) mass is 514 g/mol. The molecule has 4 N–H and O–H groups in total. The molecule has 1 unspecified atom stereocenters. The number of aliphatic hydroxyl groups excluding tert-OH is 1. The number of carbonyl (C=O) groups excluding carboxylic acids is 1. The summed E-state index contributed by atoms with van der Waals surface area (Å²) in [6, 6.07) is 9.94. The van der Waals surface area contributed by atoms with E-state index in [4.69, 9.17) is 14.7 Å². The molecule has 0 bridgehead atoms. The highest BCUT2D eigenvalue weighted by Crippen LogP contribution is 2.49. The predicted molar refractivity (Wildman–Crippen MR) is 142 cm³/mol. The topological polar surface area (TPSA) is 120 Å². The Morgan fingerprint density at radius 2 is 2.03 bits per heavy atom. The minimum absolute atomic E-state index is 0.0742. The molecule has 0 spiro atoms. The fraction of sp³-hybridized carbons (Fsp3) is 0.577. The second kappa shape index (κ2) is 10.9. The number of nitrogens with zero attached hydrogens (tertiary/aromatic N) is 3. The van der Waals surface area contributed by atoms with Gasteiger partial charge in [-0.25, -0.2) is 14.8 Å². The molecule has 194 valence electrons. The molecule has 1 aromatic heterocycles. The van der Waals surface area contributed by atoms with Crippen LogP contribution in [-0.2, 0) is 20.7 Å². The molecule has 9 nitrogen and oxygen atoms in total. The van der Waals surface area contributed by atoms with E-state index in [1.807, 2.05) is 24.3 Å². The van der Waals surface area contributed by atoms with Crippen molar-refractivity contribution in [3.63, 3.8) is 0 Å². The van der Waals surface area contributed by atoms with E-state index >= 15 is 0 Å². The first kappa shape index (κ1) is 25.3. The number of nitrogens with one attached hydrogen (secondary N) is 2. The van der Waals surface area contributed by atoms with E-state index in [0.717, 1.165) is 55.7 Å². The number of hydrogen-bond acceptors (Lipinski definition) is 7. The van der Waals surface area contributed by atoms with Crippen molar-refractivity contribution in [2.75, 3.05) is 42.3 Å². The molecular formula is C26H36N5O4S+. The van der Waals surface area contributed by atoms with Crippen molar-refractivity contribution in [1.29, 1.82) is 0 Å². The number of morpholine rings is 1. The van der Waals surface area contributed by atoms with Gasteiger partial charge in [-0.1, -0.05) is 0 Å². The van der Waals surface area contributed by atoms with Gasteiger partial charge in [0.25, 0.3) is 0 Å². The maximum Gasteiger partial charge on any atom is 0.319 e. The first-order chi connectivity index (χ1) is 17.5. The maximum absolute atomic E-state index is 12.1. The molecule has 2 aliphatic carbocycles. The molecule has 1 aliphatic heterocycles. The molecule has 0 radical (unpaired) electrons. The van der Waals surface area contributed by atoms with Gasteiger partial charge in [-0.3, -0.25) is 0 Å². The summed E-state index contributed by atoms with van der Waals surface area (Å²) < 4.78 is 16.4. The van der Waals surface area contributed by atoms with E-state index < -0.39 is 11.2 Å². The molecular weight excluding hydrogens is 478 g/mol. The van der Waals surface area contributed by atoms with E-state index in [1.165, 1.54) is 0 Å². The average molecular weight is 515 g/mol. The smallest absolute Gasteiger partial charge is 0.319 e. The second-order valence-corrected chi connectivity index (χ2v) is 11.9. The van der Waals surface area contributed by atoms with Crippen LogP contribution in [0.1, 0.15) is 51.1 Å². The van der Waals surface area contributed by atoms with Gasteiger partial charge < -0.3 is 25.4 Å². The lowest BCUT2D eigenvalue weighted by molar-refractivity contribution is 0.0985. The fourth-order valence-electron chi connectivity index (χ4n) is 4.80. The normalized spacial score (nSPS) is 22.0. The van der Waals surface area contributed by atoms with Crippen LogP contribution in [-0.4, -0.2) is 69.9 Å². The number of aliphatic hydroxyl groups is 1. The van der Waals surface area contributed by atoms with Crippen LogP contribution in [0.25, 0.3) is 11.4 Å². The van der Waals surface area contributed by atoms with Crippen molar-refractivity contribution in [3.8, 4) is 11.4 Å². The van der Waals surface area contributed by atoms with Crippen LogP contribution in [0.2, 0.25) is 0 Å². The van der Waals surface area contributed by atoms with E-state index in [-0.39, 0.29) is 23.4 Å². The van der Waals surface area contributed by atoms with E-state index in [0.29, 0.717) is 42.9 Å². The van der Waals surface area contributed by atoms with Gasteiger partial charge in [0, 0.05) is 55.8 Å². The van der Waals surface area contributed by atoms with Crippen molar-refractivity contribution >= 4 is 28.7 Å². The number of aromatic nitrogens is 2. The molecule has 2 amide bonds. The van der Waals surface area contributed by atoms with Crippen LogP contribution in [0, 0.1) is 0 Å². The second-order valence-electron chi connectivity index (χ2n) is 10.00. The highest BCUT2D eigenvalue weighted by atomic mass is 32.2. The molecule has 2 heterocycles. The van der Waals surface area contributed by atoms with Crippen LogP contribution >= 0.6 is 0 Å². The Bertz CT molecular complexity index is 1060. The summed E-state index contributed by atoms with van der Waals surface area (Å²) in [5.74, 6) is 2.03. The number of hydrogen-bond donors (Lipinski definition) is 4. The highest BCUT2D eigenvalue weighted by molar-refractivity contribution is 7.92. The number of amides is 2. The summed E-state index contributed by atoms with van der Waals surface area (Å²) in [6.07, 6.45) is 5.48. The van der Waals surface area contributed by atoms with Crippen molar-refractivity contribution in [2.24, 2.45) is 0 Å². The van der Waals surface area contributed by atoms with Crippen LogP contribution < -0.4 is 15.5 Å². The minimum atomic E-state index is -0.882. The fourth-order valence-corrected chi connectivity index (χ4v) is 6.70. The highest BCUT2D eigenvalue weighted by Gasteiger charge is 2.56. The van der Waals surface area contributed by atoms with Gasteiger partial charge in [-0.15, -0.1) is 0 Å². The first-order valence-electron chi connectivity index (χ1n) is 12.9. The van der Waals surface area contributed by atoms with Crippen LogP contribution in [0.5, 0.6) is 0 Å². The summed E-state index contributed by atoms with van der Waals surface area (Å²) in [6.45, 7) is 4.24. The lowest BCUT2D eigenvalue weighted by atomic mass is 9.81. The lowest BCUT2D eigenvalue weighted by Crippen LogP contribution is -2.46. The molecule has 10 heteroatoms. The van der Waals surface area contributed by atoms with Gasteiger partial charge in [-0.05, 0) is 50.5 Å². The molecule has 3 aliphatic rings. The third kappa shape index (κ3) is 5.46. The molecule has 2 atom stereocenters. The van der Waals surface area contributed by atoms with E-state index in [1.54, 1.807) is 0 Å². The third-order valence-corrected chi connectivity index (χ3v) is 9.46. The van der Waals surface area contributed by atoms with Gasteiger partial charge in [0.1, 0.15) is 17.3 Å². The van der Waals surface area contributed by atoms with Gasteiger partial charge >= 0.3 is 6.03 Å². The number of urea groups is 1. The summed E-state index contributed by atoms with van der Waals surface area (Å²) in [7, 11) is 0. The summed E-state index contributed by atoms with van der Waals surface area (Å²) in [4.78, 5) is 24.3. The predicted octanol–water partition coefficient (Wildman–Crippen LogP) is 3.51. The van der Waals surface area contributed by atoms with Gasteiger partial charge in [0.2, 0.25) is 4.75 Å². The Labute approximate surface area is 215 Å². The molecule has 2 saturated carbocycles. The van der Waals surface area contributed by atoms with Crippen molar-refractivity contribution in [3.05, 3.63) is 36.0 Å².